The van der Waals surface area contributed by atoms with Crippen LogP contribution in [-0.2, 0) is 41.8 Å². The molecule has 3 rings (SSSR count). The predicted molar refractivity (Wildman–Crippen MR) is 132 cm³/mol. The molecule has 198 valence electrons. The van der Waals surface area contributed by atoms with Crippen molar-refractivity contribution in [2.24, 2.45) is 10.9 Å². The molecule has 3 unspecified atom stereocenters. The molecule has 17 heteroatoms. The molecule has 3 atom stereocenters. The van der Waals surface area contributed by atoms with Gasteiger partial charge in [0, 0.05) is 16.5 Å². The first-order valence-electron chi connectivity index (χ1n) is 10.5. The summed E-state index contributed by atoms with van der Waals surface area (Å²) in [6, 6.07) is 2.92. The molecule has 1 fully saturated rings. The van der Waals surface area contributed by atoms with Crippen molar-refractivity contribution in [2.75, 3.05) is 18.9 Å². The summed E-state index contributed by atoms with van der Waals surface area (Å²) in [5, 5.41) is 15.5. The highest BCUT2D eigenvalue weighted by molar-refractivity contribution is 7.77. The number of aromatic nitrogens is 1. The summed E-state index contributed by atoms with van der Waals surface area (Å²) in [6.45, 7) is 1.53. The number of carbonyl (C=O) groups is 3. The van der Waals surface area contributed by atoms with Crippen LogP contribution in [0.25, 0.3) is 0 Å². The van der Waals surface area contributed by atoms with Crippen LogP contribution in [0.1, 0.15) is 23.7 Å². The van der Waals surface area contributed by atoms with E-state index in [-0.39, 0.29) is 48.7 Å². The van der Waals surface area contributed by atoms with E-state index < -0.39 is 35.2 Å². The number of benzene rings is 1. The lowest BCUT2D eigenvalue weighted by Crippen LogP contribution is -2.70. The minimum atomic E-state index is -2.50. The van der Waals surface area contributed by atoms with Gasteiger partial charge in [-0.3, -0.25) is 24.3 Å². The molecule has 0 saturated carbocycles. The fourth-order valence-corrected chi connectivity index (χ4v) is 4.45. The third-order valence-electron chi connectivity index (χ3n) is 5.04. The van der Waals surface area contributed by atoms with Crippen molar-refractivity contribution in [2.45, 2.75) is 25.6 Å². The molecule has 0 bridgehead atoms. The zero-order valence-corrected chi connectivity index (χ0v) is 20.9. The summed E-state index contributed by atoms with van der Waals surface area (Å²) in [4.78, 5) is 44.7. The summed E-state index contributed by atoms with van der Waals surface area (Å²) < 4.78 is 31.5. The second-order valence-electron chi connectivity index (χ2n) is 7.42. The average Bonchev–Trinajstić information content (AvgIpc) is 3.29. The number of rotatable bonds is 13. The van der Waals surface area contributed by atoms with Gasteiger partial charge in [-0.1, -0.05) is 5.16 Å². The van der Waals surface area contributed by atoms with Gasteiger partial charge in [-0.2, -0.15) is 0 Å². The lowest BCUT2D eigenvalue weighted by atomic mass is 10.0. The van der Waals surface area contributed by atoms with Gasteiger partial charge in [-0.05, 0) is 25.1 Å². The molecule has 7 N–H and O–H groups in total. The van der Waals surface area contributed by atoms with Gasteiger partial charge in [0.05, 0.1) is 6.04 Å². The number of hydrogen-bond acceptors (Lipinski definition) is 12. The second kappa shape index (κ2) is 12.2. The number of ether oxygens (including phenoxy) is 2. The minimum Gasteiger partial charge on any atom is -0.490 e. The lowest BCUT2D eigenvalue weighted by molar-refractivity contribution is -0.143. The minimum absolute atomic E-state index is 0.0273. The Kier molecular flexibility index (Phi) is 9.10. The Balaban J connectivity index is 1.65. The Bertz CT molecular complexity index is 1250. The molecule has 2 heterocycles. The van der Waals surface area contributed by atoms with Crippen LogP contribution in [0.2, 0.25) is 0 Å². The standard InChI is InChI=1S/C20H23N7O8S2/c1-10-15(19(30)27(10)37(31)32)25-18(29)16(13-8-36-20(23)24-13)26-35-5-4-34-14-3-2-11(17(21)22)6-12(14)7-33-9-28/h2-3,6,8-10,15H,4-5,7H2,1H3,(H3,21,22)(H2,23,24)(H,25,29)(H,31,32). The zero-order chi connectivity index (χ0) is 27.1. The summed E-state index contributed by atoms with van der Waals surface area (Å²) in [7, 11) is 0. The number of nitrogens with zero attached hydrogens (tertiary/aromatic N) is 3. The van der Waals surface area contributed by atoms with Gasteiger partial charge in [0.25, 0.3) is 29.6 Å². The molecule has 1 aromatic heterocycles. The van der Waals surface area contributed by atoms with E-state index in [4.69, 9.17) is 35.7 Å². The number of hydrogen-bond donors (Lipinski definition) is 5. The van der Waals surface area contributed by atoms with E-state index in [2.05, 4.69) is 15.5 Å². The molecule has 1 saturated heterocycles. The second-order valence-corrected chi connectivity index (χ2v) is 9.17. The Hall–Kier alpha value is -4.09. The van der Waals surface area contributed by atoms with Crippen LogP contribution in [0, 0.1) is 5.41 Å². The topological polar surface area (TPSA) is 233 Å². The number of thiazole rings is 1. The van der Waals surface area contributed by atoms with Crippen molar-refractivity contribution in [3.8, 4) is 5.75 Å². The number of amides is 2. The fraction of sp³-hybridized carbons (Fsp3) is 0.300. The summed E-state index contributed by atoms with van der Waals surface area (Å²) in [5.74, 6) is -1.33. The Morgan fingerprint density at radius 3 is 2.78 bits per heavy atom. The van der Waals surface area contributed by atoms with Gasteiger partial charge in [-0.15, -0.1) is 11.3 Å². The Morgan fingerprint density at radius 2 is 2.19 bits per heavy atom. The number of amidine groups is 1. The third-order valence-corrected chi connectivity index (χ3v) is 6.56. The summed E-state index contributed by atoms with van der Waals surface area (Å²) in [5.41, 5.74) is 11.9. The number of oxime groups is 1. The molecule has 37 heavy (non-hydrogen) atoms. The van der Waals surface area contributed by atoms with E-state index in [0.29, 0.717) is 21.2 Å². The number of nitrogen functional groups attached to an aromatic ring is 2. The van der Waals surface area contributed by atoms with Crippen LogP contribution in [0.15, 0.2) is 28.7 Å². The van der Waals surface area contributed by atoms with E-state index in [1.165, 1.54) is 12.3 Å². The maximum Gasteiger partial charge on any atom is 0.293 e. The number of nitrogens with one attached hydrogen (secondary N) is 2. The highest BCUT2D eigenvalue weighted by atomic mass is 32.2. The van der Waals surface area contributed by atoms with Gasteiger partial charge in [-0.25, -0.2) is 13.5 Å². The number of nitrogens with two attached hydrogens (primary N) is 2. The largest absolute Gasteiger partial charge is 0.490 e. The molecular formula is C20H23N7O8S2. The Morgan fingerprint density at radius 1 is 1.43 bits per heavy atom. The first-order chi connectivity index (χ1) is 17.6. The van der Waals surface area contributed by atoms with E-state index in [1.807, 2.05) is 0 Å². The molecular weight excluding hydrogens is 530 g/mol. The van der Waals surface area contributed by atoms with E-state index >= 15 is 0 Å². The van der Waals surface area contributed by atoms with Crippen LogP contribution >= 0.6 is 11.3 Å². The summed E-state index contributed by atoms with van der Waals surface area (Å²) >= 11 is -1.44. The molecule has 1 aromatic carbocycles. The monoisotopic (exact) mass is 553 g/mol. The molecule has 2 amide bonds. The Labute approximate surface area is 216 Å². The first-order valence-corrected chi connectivity index (χ1v) is 12.4. The van der Waals surface area contributed by atoms with Crippen molar-refractivity contribution in [3.05, 3.63) is 40.4 Å². The van der Waals surface area contributed by atoms with Crippen LogP contribution in [0.5, 0.6) is 5.75 Å². The summed E-state index contributed by atoms with van der Waals surface area (Å²) in [6.07, 6.45) is 0. The zero-order valence-electron chi connectivity index (χ0n) is 19.3. The maximum atomic E-state index is 12.8. The van der Waals surface area contributed by atoms with Crippen molar-refractivity contribution in [1.82, 2.24) is 14.6 Å². The van der Waals surface area contributed by atoms with Crippen molar-refractivity contribution >= 4 is 57.6 Å². The molecule has 1 aliphatic rings. The smallest absolute Gasteiger partial charge is 0.293 e. The van der Waals surface area contributed by atoms with Crippen molar-refractivity contribution < 1.29 is 37.5 Å². The molecule has 1 aliphatic heterocycles. The molecule has 2 aromatic rings. The lowest BCUT2D eigenvalue weighted by Gasteiger charge is -2.41. The van der Waals surface area contributed by atoms with Crippen LogP contribution in [0.4, 0.5) is 5.13 Å². The quantitative estimate of drug-likeness (QED) is 0.0397. The molecule has 0 aliphatic carbocycles. The SMILES string of the molecule is CC1C(NC(=O)C(=NOCCOc2ccc(C(=N)N)cc2COC=O)c2csc(N)n2)C(=O)N1S(=O)O. The molecule has 0 radical (unpaired) electrons. The van der Waals surface area contributed by atoms with Gasteiger partial charge in [0.2, 0.25) is 0 Å². The number of carbonyl (C=O) groups excluding carboxylic acids is 3. The van der Waals surface area contributed by atoms with Crippen molar-refractivity contribution in [1.29, 1.82) is 5.41 Å². The van der Waals surface area contributed by atoms with E-state index in [9.17, 15) is 18.6 Å². The van der Waals surface area contributed by atoms with Gasteiger partial charge in [0.15, 0.2) is 17.5 Å². The van der Waals surface area contributed by atoms with Crippen LogP contribution in [0.3, 0.4) is 0 Å². The molecule has 15 nitrogen and oxygen atoms in total. The average molecular weight is 554 g/mol. The maximum absolute atomic E-state index is 12.8. The van der Waals surface area contributed by atoms with Gasteiger partial charge in [0.1, 0.15) is 36.5 Å². The van der Waals surface area contributed by atoms with Crippen LogP contribution < -0.4 is 21.5 Å². The number of anilines is 1. The highest BCUT2D eigenvalue weighted by Crippen LogP contribution is 2.22. The third kappa shape index (κ3) is 6.57. The molecule has 0 spiro atoms. The normalized spacial score (nSPS) is 17.9. The fourth-order valence-electron chi connectivity index (χ4n) is 3.23. The highest BCUT2D eigenvalue weighted by Gasteiger charge is 2.49. The van der Waals surface area contributed by atoms with E-state index in [0.717, 1.165) is 11.3 Å². The number of β-lactam (4-membered cyclic amide) rings is 1. The van der Waals surface area contributed by atoms with Gasteiger partial charge >= 0.3 is 0 Å². The van der Waals surface area contributed by atoms with Crippen LogP contribution in [-0.4, -0.2) is 73.2 Å². The van der Waals surface area contributed by atoms with Crippen molar-refractivity contribution in [3.63, 3.8) is 0 Å². The first kappa shape index (κ1) is 27.5. The van der Waals surface area contributed by atoms with Gasteiger partial charge < -0.3 is 31.1 Å². The predicted octanol–water partition coefficient (Wildman–Crippen LogP) is -0.666. The van der Waals surface area contributed by atoms with E-state index in [1.54, 1.807) is 18.2 Å².